The molecule has 3 aromatic rings. The van der Waals surface area contributed by atoms with Crippen LogP contribution in [0.4, 0.5) is 5.69 Å². The summed E-state index contributed by atoms with van der Waals surface area (Å²) < 4.78 is 5.29. The van der Waals surface area contributed by atoms with Gasteiger partial charge in [0, 0.05) is 0 Å². The second kappa shape index (κ2) is 7.71. The van der Waals surface area contributed by atoms with Crippen LogP contribution in [0.3, 0.4) is 0 Å². The number of carbonyl (C=O) groups is 1. The molecule has 0 saturated heterocycles. The third-order valence-corrected chi connectivity index (χ3v) is 5.32. The van der Waals surface area contributed by atoms with Gasteiger partial charge in [-0.25, -0.2) is 4.98 Å². The second-order valence-electron chi connectivity index (χ2n) is 5.40. The van der Waals surface area contributed by atoms with E-state index in [4.69, 9.17) is 4.74 Å². The molecule has 0 saturated carbocycles. The van der Waals surface area contributed by atoms with Crippen LogP contribution in [0.1, 0.15) is 12.5 Å². The van der Waals surface area contributed by atoms with Gasteiger partial charge in [0.1, 0.15) is 5.75 Å². The van der Waals surface area contributed by atoms with E-state index in [-0.39, 0.29) is 11.2 Å². The number of aryl methyl sites for hydroxylation is 1. The topological polar surface area (TPSA) is 79.9 Å². The van der Waals surface area contributed by atoms with Crippen LogP contribution >= 0.6 is 23.1 Å². The molecule has 2 N–H and O–H groups in total. The zero-order valence-electron chi connectivity index (χ0n) is 14.1. The molecule has 8 heteroatoms. The molecule has 0 bridgehead atoms. The maximum atomic E-state index is 12.5. The van der Waals surface area contributed by atoms with Crippen molar-refractivity contribution in [2.24, 2.45) is 0 Å². The number of aromatic amines is 1. The number of carbonyl (C=O) groups excluding carboxylic acids is 1. The quantitative estimate of drug-likeness (QED) is 0.638. The maximum Gasteiger partial charge on any atom is 0.237 e. The van der Waals surface area contributed by atoms with Crippen LogP contribution in [0.25, 0.3) is 10.7 Å². The molecule has 0 radical (unpaired) electrons. The Morgan fingerprint density at radius 1 is 1.40 bits per heavy atom. The predicted molar refractivity (Wildman–Crippen MR) is 101 cm³/mol. The number of thioether (sulfide) groups is 1. The molecule has 0 aliphatic heterocycles. The Morgan fingerprint density at radius 2 is 2.24 bits per heavy atom. The number of benzene rings is 1. The van der Waals surface area contributed by atoms with Crippen molar-refractivity contribution in [1.82, 2.24) is 15.2 Å². The van der Waals surface area contributed by atoms with E-state index in [1.54, 1.807) is 18.4 Å². The summed E-state index contributed by atoms with van der Waals surface area (Å²) in [4.78, 5) is 17.9. The molecule has 2 heterocycles. The lowest BCUT2D eigenvalue weighted by atomic mass is 10.2. The first-order valence-corrected chi connectivity index (χ1v) is 9.41. The van der Waals surface area contributed by atoms with Gasteiger partial charge in [0.2, 0.25) is 11.1 Å². The molecule has 2 aromatic heterocycles. The zero-order valence-corrected chi connectivity index (χ0v) is 15.7. The summed E-state index contributed by atoms with van der Waals surface area (Å²) in [5.74, 6) is 1.22. The lowest BCUT2D eigenvalue weighted by Gasteiger charge is -2.13. The Morgan fingerprint density at radius 3 is 2.96 bits per heavy atom. The van der Waals surface area contributed by atoms with Gasteiger partial charge in [-0.05, 0) is 43.0 Å². The van der Waals surface area contributed by atoms with Crippen LogP contribution in [0.5, 0.6) is 5.75 Å². The van der Waals surface area contributed by atoms with Gasteiger partial charge in [-0.15, -0.1) is 16.4 Å². The van der Waals surface area contributed by atoms with E-state index in [2.05, 4.69) is 20.5 Å². The summed E-state index contributed by atoms with van der Waals surface area (Å²) >= 11 is 2.89. The van der Waals surface area contributed by atoms with Crippen molar-refractivity contribution < 1.29 is 9.53 Å². The Hall–Kier alpha value is -2.32. The van der Waals surface area contributed by atoms with E-state index in [0.29, 0.717) is 22.4 Å². The Bertz CT molecular complexity index is 861. The first-order valence-electron chi connectivity index (χ1n) is 7.65. The van der Waals surface area contributed by atoms with Gasteiger partial charge in [-0.2, -0.15) is 0 Å². The van der Waals surface area contributed by atoms with Crippen LogP contribution in [-0.4, -0.2) is 33.4 Å². The Kier molecular flexibility index (Phi) is 5.40. The molecule has 130 valence electrons. The van der Waals surface area contributed by atoms with Crippen LogP contribution in [-0.2, 0) is 4.79 Å². The van der Waals surface area contributed by atoms with Gasteiger partial charge in [-0.1, -0.05) is 23.9 Å². The molecular weight excluding hydrogens is 356 g/mol. The number of amides is 1. The molecule has 1 aromatic carbocycles. The minimum absolute atomic E-state index is 0.128. The largest absolute Gasteiger partial charge is 0.495 e. The number of methoxy groups -OCH3 is 1. The second-order valence-corrected chi connectivity index (χ2v) is 7.65. The summed E-state index contributed by atoms with van der Waals surface area (Å²) in [6.45, 7) is 3.79. The minimum Gasteiger partial charge on any atom is -0.495 e. The Labute approximate surface area is 154 Å². The van der Waals surface area contributed by atoms with E-state index in [0.717, 1.165) is 10.4 Å². The van der Waals surface area contributed by atoms with E-state index >= 15 is 0 Å². The van der Waals surface area contributed by atoms with Crippen molar-refractivity contribution in [3.05, 3.63) is 41.3 Å². The number of nitrogens with zero attached hydrogens (tertiary/aromatic N) is 2. The smallest absolute Gasteiger partial charge is 0.237 e. The molecule has 0 aliphatic carbocycles. The molecule has 0 spiro atoms. The number of aromatic nitrogens is 3. The van der Waals surface area contributed by atoms with E-state index in [1.807, 2.05) is 49.6 Å². The first-order chi connectivity index (χ1) is 12.1. The average Bonchev–Trinajstić information content (AvgIpc) is 3.26. The third-order valence-electron chi connectivity index (χ3n) is 3.48. The van der Waals surface area contributed by atoms with Gasteiger partial charge >= 0.3 is 0 Å². The van der Waals surface area contributed by atoms with Crippen LogP contribution in [0, 0.1) is 6.92 Å². The number of hydrogen-bond acceptors (Lipinski definition) is 6. The molecule has 6 nitrogen and oxygen atoms in total. The number of hydrogen-bond donors (Lipinski definition) is 2. The average molecular weight is 374 g/mol. The van der Waals surface area contributed by atoms with Crippen molar-refractivity contribution in [3.63, 3.8) is 0 Å². The van der Waals surface area contributed by atoms with Crippen LogP contribution in [0.15, 0.2) is 40.9 Å². The number of H-pyrrole nitrogens is 1. The monoisotopic (exact) mass is 374 g/mol. The van der Waals surface area contributed by atoms with Gasteiger partial charge in [0.15, 0.2) is 5.82 Å². The lowest BCUT2D eigenvalue weighted by molar-refractivity contribution is -0.115. The maximum absolute atomic E-state index is 12.5. The minimum atomic E-state index is -0.350. The van der Waals surface area contributed by atoms with Gasteiger partial charge in [0.25, 0.3) is 0 Å². The molecular formula is C17H18N4O2S2. The normalized spacial score (nSPS) is 12.0. The van der Waals surface area contributed by atoms with E-state index < -0.39 is 0 Å². The third kappa shape index (κ3) is 4.21. The van der Waals surface area contributed by atoms with Crippen molar-refractivity contribution in [2.75, 3.05) is 12.4 Å². The van der Waals surface area contributed by atoms with Gasteiger partial charge in [0.05, 0.1) is 22.9 Å². The fraction of sp³-hybridized carbons (Fsp3) is 0.235. The first kappa shape index (κ1) is 17.5. The number of ether oxygens (including phenoxy) is 1. The SMILES string of the molecule is COc1ccc(C)cc1NC(=O)C(C)Sc1n[nH]c(-c2cccs2)n1. The van der Waals surface area contributed by atoms with Crippen molar-refractivity contribution in [2.45, 2.75) is 24.3 Å². The summed E-state index contributed by atoms with van der Waals surface area (Å²) in [5, 5.41) is 12.2. The fourth-order valence-electron chi connectivity index (χ4n) is 2.19. The van der Waals surface area contributed by atoms with E-state index in [1.165, 1.54) is 11.8 Å². The van der Waals surface area contributed by atoms with Crippen molar-refractivity contribution in [3.8, 4) is 16.5 Å². The highest BCUT2D eigenvalue weighted by Gasteiger charge is 2.19. The summed E-state index contributed by atoms with van der Waals surface area (Å²) in [6, 6.07) is 9.59. The Balaban J connectivity index is 1.66. The standard InChI is InChI=1S/C17H18N4O2S2/c1-10-6-7-13(23-3)12(9-10)18-16(22)11(2)25-17-19-15(20-21-17)14-5-4-8-24-14/h4-9,11H,1-3H3,(H,18,22)(H,19,20,21). The molecule has 0 aliphatic rings. The van der Waals surface area contributed by atoms with Gasteiger partial charge < -0.3 is 10.1 Å². The molecule has 1 amide bonds. The number of thiophene rings is 1. The molecule has 25 heavy (non-hydrogen) atoms. The lowest BCUT2D eigenvalue weighted by Crippen LogP contribution is -2.22. The highest BCUT2D eigenvalue weighted by molar-refractivity contribution is 8.00. The number of rotatable bonds is 6. The highest BCUT2D eigenvalue weighted by Crippen LogP contribution is 2.28. The van der Waals surface area contributed by atoms with E-state index in [9.17, 15) is 4.79 Å². The molecule has 0 fully saturated rings. The molecule has 1 atom stereocenters. The molecule has 3 rings (SSSR count). The number of anilines is 1. The zero-order chi connectivity index (χ0) is 17.8. The van der Waals surface area contributed by atoms with Crippen LogP contribution < -0.4 is 10.1 Å². The van der Waals surface area contributed by atoms with Crippen LogP contribution in [0.2, 0.25) is 0 Å². The summed E-state index contributed by atoms with van der Waals surface area (Å²) in [7, 11) is 1.58. The molecule has 1 unspecified atom stereocenters. The van der Waals surface area contributed by atoms with Gasteiger partial charge in [-0.3, -0.25) is 9.89 Å². The number of nitrogens with one attached hydrogen (secondary N) is 2. The summed E-state index contributed by atoms with van der Waals surface area (Å²) in [5.41, 5.74) is 1.71. The summed E-state index contributed by atoms with van der Waals surface area (Å²) in [6.07, 6.45) is 0. The van der Waals surface area contributed by atoms with Crippen molar-refractivity contribution >= 4 is 34.7 Å². The fourth-order valence-corrected chi connectivity index (χ4v) is 3.58. The highest BCUT2D eigenvalue weighted by atomic mass is 32.2. The predicted octanol–water partition coefficient (Wildman–Crippen LogP) is 3.97. The van der Waals surface area contributed by atoms with Crippen molar-refractivity contribution in [1.29, 1.82) is 0 Å².